The predicted octanol–water partition coefficient (Wildman–Crippen LogP) is 4.08. The Balaban J connectivity index is 1.70. The van der Waals surface area contributed by atoms with E-state index in [9.17, 15) is 9.18 Å². The maximum Gasteiger partial charge on any atom is 0.247 e. The van der Waals surface area contributed by atoms with Crippen molar-refractivity contribution in [1.29, 1.82) is 0 Å². The van der Waals surface area contributed by atoms with Crippen LogP contribution >= 0.6 is 11.3 Å². The molecule has 3 N–H and O–H groups in total. The van der Waals surface area contributed by atoms with E-state index in [1.165, 1.54) is 29.5 Å². The van der Waals surface area contributed by atoms with Crippen LogP contribution in [0.25, 0.3) is 10.4 Å². The lowest BCUT2D eigenvalue weighted by Crippen LogP contribution is -2.08. The number of anilines is 5. The van der Waals surface area contributed by atoms with E-state index in [4.69, 9.17) is 0 Å². The number of hydrogen-bond donors (Lipinski definition) is 3. The second kappa shape index (κ2) is 8.71. The van der Waals surface area contributed by atoms with Crippen molar-refractivity contribution in [1.82, 2.24) is 24.7 Å². The molecule has 0 spiro atoms. The second-order valence-electron chi connectivity index (χ2n) is 6.36. The lowest BCUT2D eigenvalue weighted by atomic mass is 10.2. The zero-order valence-electron chi connectivity index (χ0n) is 16.3. The summed E-state index contributed by atoms with van der Waals surface area (Å²) in [6.45, 7) is 3.41. The first-order valence-corrected chi connectivity index (χ1v) is 9.91. The number of aromatic nitrogens is 5. The van der Waals surface area contributed by atoms with Crippen molar-refractivity contribution in [3.05, 3.63) is 67.0 Å². The first-order chi connectivity index (χ1) is 15.0. The van der Waals surface area contributed by atoms with Gasteiger partial charge in [0.15, 0.2) is 0 Å². The molecule has 4 rings (SSSR count). The van der Waals surface area contributed by atoms with Gasteiger partial charge in [0.2, 0.25) is 11.9 Å². The summed E-state index contributed by atoms with van der Waals surface area (Å²) in [6.07, 6.45) is 7.86. The number of hydrogen-bond acceptors (Lipinski definition) is 8. The minimum atomic E-state index is -0.507. The van der Waals surface area contributed by atoms with Crippen molar-refractivity contribution in [3.8, 4) is 10.4 Å². The van der Waals surface area contributed by atoms with E-state index in [-0.39, 0.29) is 5.69 Å². The summed E-state index contributed by atoms with van der Waals surface area (Å²) in [5.41, 5.74) is 3.60. The topological polar surface area (TPSA) is 110 Å². The van der Waals surface area contributed by atoms with Gasteiger partial charge in [-0.2, -0.15) is 10.1 Å². The summed E-state index contributed by atoms with van der Waals surface area (Å²) in [4.78, 5) is 25.3. The minimum absolute atomic E-state index is 0.138. The summed E-state index contributed by atoms with van der Waals surface area (Å²) in [5, 5.41) is 12.8. The van der Waals surface area contributed by atoms with Gasteiger partial charge in [0.25, 0.3) is 0 Å². The molecule has 11 heteroatoms. The molecule has 3 heterocycles. The maximum absolute atomic E-state index is 14.5. The molecule has 0 saturated carbocycles. The fourth-order valence-electron chi connectivity index (χ4n) is 2.70. The Morgan fingerprint density at radius 1 is 1.23 bits per heavy atom. The lowest BCUT2D eigenvalue weighted by Gasteiger charge is -2.13. The monoisotopic (exact) mass is 436 g/mol. The number of halogens is 1. The number of nitrogens with one attached hydrogen (secondary N) is 3. The highest BCUT2D eigenvalue weighted by molar-refractivity contribution is 7.13. The van der Waals surface area contributed by atoms with Gasteiger partial charge in [0.05, 0.1) is 33.5 Å². The van der Waals surface area contributed by atoms with Gasteiger partial charge in [-0.3, -0.25) is 14.5 Å². The van der Waals surface area contributed by atoms with E-state index in [0.717, 1.165) is 11.0 Å². The molecular weight excluding hydrogens is 419 g/mol. The van der Waals surface area contributed by atoms with Gasteiger partial charge in [-0.15, -0.1) is 11.3 Å². The van der Waals surface area contributed by atoms with Crippen LogP contribution in [0.4, 0.5) is 33.2 Å². The number of rotatable bonds is 7. The molecule has 3 aromatic heterocycles. The summed E-state index contributed by atoms with van der Waals surface area (Å²) in [6, 6.07) is 4.19. The van der Waals surface area contributed by atoms with Crippen LogP contribution in [0, 0.1) is 5.82 Å². The molecule has 0 aliphatic heterocycles. The Morgan fingerprint density at radius 2 is 2.10 bits per heavy atom. The Hall–Kier alpha value is -4.12. The predicted molar refractivity (Wildman–Crippen MR) is 118 cm³/mol. The van der Waals surface area contributed by atoms with Crippen molar-refractivity contribution in [2.24, 2.45) is 7.05 Å². The molecule has 0 unspecified atom stereocenters. The number of carbonyl (C=O) groups excluding carboxylic acids is 1. The Morgan fingerprint density at radius 3 is 2.81 bits per heavy atom. The van der Waals surface area contributed by atoms with E-state index in [2.05, 4.69) is 42.6 Å². The molecule has 0 atom stereocenters. The van der Waals surface area contributed by atoms with Gasteiger partial charge in [0, 0.05) is 31.3 Å². The van der Waals surface area contributed by atoms with Gasteiger partial charge in [-0.05, 0) is 24.3 Å². The van der Waals surface area contributed by atoms with E-state index in [0.29, 0.717) is 28.7 Å². The number of nitrogens with zero attached hydrogens (tertiary/aromatic N) is 5. The quantitative estimate of drug-likeness (QED) is 0.374. The molecule has 0 radical (unpaired) electrons. The van der Waals surface area contributed by atoms with Crippen molar-refractivity contribution in [2.75, 3.05) is 16.0 Å². The molecule has 0 saturated heterocycles. The average molecular weight is 436 g/mol. The highest BCUT2D eigenvalue weighted by Crippen LogP contribution is 2.33. The molecule has 9 nitrogen and oxygen atoms in total. The Bertz CT molecular complexity index is 1240. The van der Waals surface area contributed by atoms with Crippen LogP contribution < -0.4 is 16.0 Å². The molecule has 0 aliphatic rings. The summed E-state index contributed by atoms with van der Waals surface area (Å²) in [7, 11) is 1.80. The van der Waals surface area contributed by atoms with Crippen molar-refractivity contribution >= 4 is 46.1 Å². The summed E-state index contributed by atoms with van der Waals surface area (Å²) < 4.78 is 16.2. The zero-order valence-corrected chi connectivity index (χ0v) is 17.2. The third kappa shape index (κ3) is 4.73. The summed E-state index contributed by atoms with van der Waals surface area (Å²) in [5.74, 6) is -0.225. The van der Waals surface area contributed by atoms with Gasteiger partial charge in [-0.25, -0.2) is 9.37 Å². The zero-order chi connectivity index (χ0) is 21.8. The first-order valence-electron chi connectivity index (χ1n) is 9.03. The van der Waals surface area contributed by atoms with Crippen molar-refractivity contribution in [2.45, 2.75) is 0 Å². The highest BCUT2D eigenvalue weighted by Gasteiger charge is 2.14. The Labute approximate surface area is 180 Å². The Kier molecular flexibility index (Phi) is 5.67. The van der Waals surface area contributed by atoms with Gasteiger partial charge in [-0.1, -0.05) is 6.58 Å². The molecule has 0 fully saturated rings. The fraction of sp³-hybridized carbons (Fsp3) is 0.0500. The number of aryl methyl sites for hydroxylation is 1. The van der Waals surface area contributed by atoms with Gasteiger partial charge in [0.1, 0.15) is 11.6 Å². The number of benzene rings is 1. The second-order valence-corrected chi connectivity index (χ2v) is 7.25. The molecule has 4 aromatic rings. The number of amides is 1. The molecule has 1 amide bonds. The van der Waals surface area contributed by atoms with Crippen LogP contribution in [0.3, 0.4) is 0 Å². The number of thiazole rings is 1. The van der Waals surface area contributed by atoms with E-state index < -0.39 is 11.7 Å². The highest BCUT2D eigenvalue weighted by atomic mass is 32.1. The molecule has 31 heavy (non-hydrogen) atoms. The van der Waals surface area contributed by atoms with E-state index in [1.54, 1.807) is 42.0 Å². The SMILES string of the molecule is C=CC(=O)Nc1ccc(F)c(Nc2nc(Nc3cnn(C)c3)ncc2-c2cncs2)c1. The van der Waals surface area contributed by atoms with E-state index in [1.807, 2.05) is 0 Å². The third-order valence-electron chi connectivity index (χ3n) is 4.12. The normalized spacial score (nSPS) is 10.5. The smallest absolute Gasteiger partial charge is 0.247 e. The van der Waals surface area contributed by atoms with Crippen molar-refractivity contribution in [3.63, 3.8) is 0 Å². The van der Waals surface area contributed by atoms with Gasteiger partial charge < -0.3 is 16.0 Å². The molecule has 0 aliphatic carbocycles. The molecule has 0 bridgehead atoms. The molecular formula is C20H17FN8OS. The first kappa shape index (κ1) is 20.2. The maximum atomic E-state index is 14.5. The molecule has 1 aromatic carbocycles. The average Bonchev–Trinajstić information content (AvgIpc) is 3.43. The largest absolute Gasteiger partial charge is 0.337 e. The molecule has 156 valence electrons. The third-order valence-corrected chi connectivity index (χ3v) is 4.93. The van der Waals surface area contributed by atoms with Crippen LogP contribution in [0.15, 0.2) is 61.2 Å². The van der Waals surface area contributed by atoms with Crippen LogP contribution in [-0.4, -0.2) is 30.6 Å². The number of carbonyl (C=O) groups is 1. The van der Waals surface area contributed by atoms with Crippen molar-refractivity contribution < 1.29 is 9.18 Å². The fourth-order valence-corrected chi connectivity index (χ4v) is 3.33. The standard InChI is InChI=1S/C20H17FN8OS/c1-3-18(30)25-12-4-5-15(21)16(6-12)27-19-14(17-9-22-11-31-17)8-23-20(28-19)26-13-7-24-29(2)10-13/h3-11H,1H2,2H3,(H,25,30)(H2,23,26,27,28). The van der Waals surface area contributed by atoms with Crippen LogP contribution in [0.2, 0.25) is 0 Å². The minimum Gasteiger partial charge on any atom is -0.337 e. The van der Waals surface area contributed by atoms with Crippen LogP contribution in [0.1, 0.15) is 0 Å². The van der Waals surface area contributed by atoms with E-state index >= 15 is 0 Å². The van der Waals surface area contributed by atoms with Crippen LogP contribution in [0.5, 0.6) is 0 Å². The van der Waals surface area contributed by atoms with Gasteiger partial charge >= 0.3 is 0 Å². The lowest BCUT2D eigenvalue weighted by molar-refractivity contribution is -0.111. The van der Waals surface area contributed by atoms with Crippen LogP contribution in [-0.2, 0) is 11.8 Å². The summed E-state index contributed by atoms with van der Waals surface area (Å²) >= 11 is 1.41.